The molecule has 0 saturated carbocycles. The average Bonchev–Trinajstić information content (AvgIpc) is 2.35. The smallest absolute Gasteiger partial charge is 0.123 e. The van der Waals surface area contributed by atoms with Gasteiger partial charge in [0.05, 0.1) is 39.6 Å². The highest BCUT2D eigenvalue weighted by Gasteiger charge is 2.40. The molecular formula is C76H94O12. The topological polar surface area (TPSA) is 131 Å². The van der Waals surface area contributed by atoms with E-state index in [1.54, 1.807) is 0 Å². The maximum Gasteiger partial charge on any atom is 0.123 e. The normalized spacial score (nSPS) is 22.2. The van der Waals surface area contributed by atoms with E-state index in [1.165, 1.54) is 50.1 Å². The van der Waals surface area contributed by atoms with Crippen LogP contribution in [0.5, 0.6) is 34.5 Å². The summed E-state index contributed by atoms with van der Waals surface area (Å²) in [6.45, 7) is 31.3. The molecule has 6 aliphatic rings. The third-order valence-electron chi connectivity index (χ3n) is 19.4. The van der Waals surface area contributed by atoms with Crippen molar-refractivity contribution in [2.75, 3.05) is 79.3 Å². The van der Waals surface area contributed by atoms with Crippen LogP contribution in [0.15, 0.2) is 121 Å². The maximum atomic E-state index is 6.86. The third-order valence-corrected chi connectivity index (χ3v) is 19.4. The maximum absolute atomic E-state index is 6.86. The van der Waals surface area contributed by atoms with E-state index in [0.717, 1.165) is 118 Å². The number of hydrogen-bond donors (Lipinski definition) is 0. The fourth-order valence-corrected chi connectivity index (χ4v) is 13.0. The molecule has 0 radical (unpaired) electrons. The Bertz CT molecular complexity index is 3330. The van der Waals surface area contributed by atoms with Gasteiger partial charge in [-0.1, -0.05) is 149 Å². The number of rotatable bonds is 35. The Balaban J connectivity index is 0.922. The molecule has 0 aromatic heterocycles. The van der Waals surface area contributed by atoms with Crippen molar-refractivity contribution in [1.82, 2.24) is 0 Å². The summed E-state index contributed by atoms with van der Waals surface area (Å²) in [5.74, 6) is 5.21. The lowest BCUT2D eigenvalue weighted by Crippen LogP contribution is -2.33. The molecule has 0 bridgehead atoms. The summed E-state index contributed by atoms with van der Waals surface area (Å²) in [6, 6.07) is 44.7. The Morgan fingerprint density at radius 3 is 1.22 bits per heavy atom. The largest absolute Gasteiger partial charge is 0.491 e. The lowest BCUT2D eigenvalue weighted by atomic mass is 9.65. The first-order valence-corrected chi connectivity index (χ1v) is 32.6. The summed E-state index contributed by atoms with van der Waals surface area (Å²) in [6.07, 6.45) is 7.28. The number of ether oxygens (including phenoxy) is 12. The quantitative estimate of drug-likeness (QED) is 0.0351. The average molecular weight is 1200 g/mol. The van der Waals surface area contributed by atoms with E-state index in [9.17, 15) is 0 Å². The zero-order chi connectivity index (χ0) is 61.3. The van der Waals surface area contributed by atoms with Gasteiger partial charge in [-0.2, -0.15) is 0 Å². The van der Waals surface area contributed by atoms with Gasteiger partial charge < -0.3 is 56.8 Å². The van der Waals surface area contributed by atoms with Gasteiger partial charge in [-0.15, -0.1) is 0 Å². The summed E-state index contributed by atoms with van der Waals surface area (Å²) in [4.78, 5) is 0. The van der Waals surface area contributed by atoms with E-state index >= 15 is 0 Å². The van der Waals surface area contributed by atoms with E-state index in [4.69, 9.17) is 56.8 Å². The van der Waals surface area contributed by atoms with E-state index < -0.39 is 5.41 Å². The molecule has 0 N–H and O–H groups in total. The van der Waals surface area contributed by atoms with Crippen molar-refractivity contribution in [1.29, 1.82) is 0 Å². The van der Waals surface area contributed by atoms with Crippen LogP contribution < -0.4 is 28.4 Å². The van der Waals surface area contributed by atoms with E-state index in [0.29, 0.717) is 46.2 Å². The molecule has 0 amide bonds. The van der Waals surface area contributed by atoms with Gasteiger partial charge in [0, 0.05) is 27.2 Å². The fourth-order valence-electron chi connectivity index (χ4n) is 13.0. The zero-order valence-corrected chi connectivity index (χ0v) is 53.8. The second kappa shape index (κ2) is 26.0. The molecule has 6 fully saturated rings. The first kappa shape index (κ1) is 62.1. The Morgan fingerprint density at radius 2 is 0.716 bits per heavy atom. The van der Waals surface area contributed by atoms with Crippen LogP contribution in [0.1, 0.15) is 157 Å². The molecule has 12 heteroatoms. The number of unbranched alkanes of at least 4 members (excludes halogenated alkanes) is 1. The Labute approximate surface area is 523 Å². The van der Waals surface area contributed by atoms with Crippen molar-refractivity contribution in [3.8, 4) is 34.5 Å². The van der Waals surface area contributed by atoms with Crippen molar-refractivity contribution in [3.05, 3.63) is 177 Å². The van der Waals surface area contributed by atoms with Crippen LogP contribution in [-0.4, -0.2) is 116 Å². The van der Waals surface area contributed by atoms with E-state index in [1.807, 2.05) is 0 Å². The SMILES string of the molecule is CCCCC(C)(Cc1cc(C(C)(C)c2ccc(OCC3CO3)cc2C(C)(CCC)Cc2cc(OCC3CO3)ccc2C(C)(C)c2ccc(OCC3CO3)cc2)ccc1OCC1CO1)c1cc(C(C)(C)c2ccc(OCC3CO3)cc2)ccc1OCC1CO1. The van der Waals surface area contributed by atoms with Gasteiger partial charge in [-0.3, -0.25) is 0 Å². The molecule has 470 valence electrons. The van der Waals surface area contributed by atoms with Crippen molar-refractivity contribution in [2.24, 2.45) is 0 Å². The standard InChI is InChI=1S/C76H94O12/c1-11-13-31-76(10,69-34-55(19-29-71(69)88-49-65-47-86-65)72(3,4)52-14-20-56(21-15-52)77-38-60-42-81-60)37-51-32-54(18-28-70(51)87-48-64-46-85-64)74(7,8)67-27-25-59(80-41-63-45-84-63)35-68(67)75(9,30-12-2)36-50-33-58(79-40-62-44-83-62)24-26-66(50)73(5,6)53-16-22-57(23-17-53)78-39-61-43-82-61/h14-29,32-35,60-65H,11-13,30-31,36-49H2,1-10H3. The molecule has 12 nitrogen and oxygen atoms in total. The highest BCUT2D eigenvalue weighted by atomic mass is 16.6. The van der Waals surface area contributed by atoms with Crippen LogP contribution >= 0.6 is 0 Å². The minimum absolute atomic E-state index is 0.0936. The second-order valence-corrected chi connectivity index (χ2v) is 27.9. The predicted molar refractivity (Wildman–Crippen MR) is 343 cm³/mol. The predicted octanol–water partition coefficient (Wildman–Crippen LogP) is 14.3. The van der Waals surface area contributed by atoms with E-state index in [2.05, 4.69) is 191 Å². The van der Waals surface area contributed by atoms with Crippen LogP contribution in [0, 0.1) is 0 Å². The molecule has 6 aromatic rings. The van der Waals surface area contributed by atoms with Crippen molar-refractivity contribution >= 4 is 0 Å². The lowest BCUT2D eigenvalue weighted by molar-refractivity contribution is 0.252. The second-order valence-electron chi connectivity index (χ2n) is 27.9. The Morgan fingerprint density at radius 1 is 0.330 bits per heavy atom. The number of epoxide rings is 6. The van der Waals surface area contributed by atoms with Gasteiger partial charge in [0.2, 0.25) is 0 Å². The van der Waals surface area contributed by atoms with Gasteiger partial charge >= 0.3 is 0 Å². The molecular weight excluding hydrogens is 1100 g/mol. The highest BCUT2D eigenvalue weighted by Crippen LogP contribution is 2.49. The first-order valence-electron chi connectivity index (χ1n) is 32.6. The van der Waals surface area contributed by atoms with Crippen LogP contribution in [0.4, 0.5) is 0 Å². The zero-order valence-electron chi connectivity index (χ0n) is 53.8. The van der Waals surface area contributed by atoms with Gasteiger partial charge in [-0.25, -0.2) is 0 Å². The molecule has 8 unspecified atom stereocenters. The van der Waals surface area contributed by atoms with Gasteiger partial charge in [0.25, 0.3) is 0 Å². The van der Waals surface area contributed by atoms with E-state index in [-0.39, 0.29) is 58.3 Å². The minimum atomic E-state index is -0.489. The number of benzene rings is 6. The lowest BCUT2D eigenvalue weighted by Gasteiger charge is -2.39. The monoisotopic (exact) mass is 1200 g/mol. The van der Waals surface area contributed by atoms with Gasteiger partial charge in [0.1, 0.15) is 111 Å². The first-order chi connectivity index (χ1) is 42.4. The Hall–Kier alpha value is -6.12. The van der Waals surface area contributed by atoms with Crippen molar-refractivity contribution in [3.63, 3.8) is 0 Å². The molecule has 8 atom stereocenters. The molecule has 0 spiro atoms. The molecule has 6 heterocycles. The molecule has 12 rings (SSSR count). The van der Waals surface area contributed by atoms with Crippen molar-refractivity contribution in [2.45, 2.75) is 178 Å². The Kier molecular flexibility index (Phi) is 18.3. The third kappa shape index (κ3) is 15.2. The summed E-state index contributed by atoms with van der Waals surface area (Å²) < 4.78 is 72.6. The molecule has 88 heavy (non-hydrogen) atoms. The highest BCUT2D eigenvalue weighted by molar-refractivity contribution is 5.55. The van der Waals surface area contributed by atoms with Crippen molar-refractivity contribution < 1.29 is 56.8 Å². The molecule has 6 aromatic carbocycles. The van der Waals surface area contributed by atoms with Crippen LogP contribution in [-0.2, 0) is 68.3 Å². The van der Waals surface area contributed by atoms with Gasteiger partial charge in [-0.05, 0) is 142 Å². The number of hydrogen-bond acceptors (Lipinski definition) is 12. The minimum Gasteiger partial charge on any atom is -0.491 e. The molecule has 6 aliphatic heterocycles. The summed E-state index contributed by atoms with van der Waals surface area (Å²) in [7, 11) is 0. The summed E-state index contributed by atoms with van der Waals surface area (Å²) in [5.41, 5.74) is 10.3. The summed E-state index contributed by atoms with van der Waals surface area (Å²) in [5, 5.41) is 0. The summed E-state index contributed by atoms with van der Waals surface area (Å²) >= 11 is 0. The van der Waals surface area contributed by atoms with Crippen LogP contribution in [0.3, 0.4) is 0 Å². The van der Waals surface area contributed by atoms with Crippen LogP contribution in [0.2, 0.25) is 0 Å². The molecule has 6 saturated heterocycles. The fraction of sp³-hybridized carbons (Fsp3) is 0.526. The molecule has 0 aliphatic carbocycles. The van der Waals surface area contributed by atoms with Crippen LogP contribution in [0.25, 0.3) is 0 Å². The van der Waals surface area contributed by atoms with Gasteiger partial charge in [0.15, 0.2) is 0 Å².